The Morgan fingerprint density at radius 2 is 2.22 bits per heavy atom. The fourth-order valence-corrected chi connectivity index (χ4v) is 3.14. The summed E-state index contributed by atoms with van der Waals surface area (Å²) in [4.78, 5) is 24.8. The monoisotopic (exact) mass is 336 g/mol. The lowest BCUT2D eigenvalue weighted by Crippen LogP contribution is -2.49. The number of nitrogens with one attached hydrogen (secondary N) is 1. The number of hydrogen-bond acceptors (Lipinski definition) is 8. The van der Waals surface area contributed by atoms with Crippen LogP contribution >= 0.6 is 11.3 Å². The fourth-order valence-electron chi connectivity index (χ4n) is 2.59. The quantitative estimate of drug-likeness (QED) is 0.876. The van der Waals surface area contributed by atoms with E-state index in [1.807, 2.05) is 12.3 Å². The zero-order valence-electron chi connectivity index (χ0n) is 13.2. The third kappa shape index (κ3) is 4.12. The van der Waals surface area contributed by atoms with E-state index in [-0.39, 0.29) is 11.9 Å². The Labute approximate surface area is 138 Å². The molecule has 0 radical (unpaired) electrons. The van der Waals surface area contributed by atoms with Gasteiger partial charge in [0.15, 0.2) is 11.0 Å². The first-order valence-electron chi connectivity index (χ1n) is 7.58. The average Bonchev–Trinajstić information content (AvgIpc) is 3.19. The van der Waals surface area contributed by atoms with E-state index < -0.39 is 0 Å². The van der Waals surface area contributed by atoms with Gasteiger partial charge in [0.2, 0.25) is 11.8 Å². The molecule has 1 saturated heterocycles. The summed E-state index contributed by atoms with van der Waals surface area (Å²) in [5, 5.41) is 9.14. The van der Waals surface area contributed by atoms with Crippen LogP contribution in [0.25, 0.3) is 0 Å². The number of carbonyl (C=O) groups is 1. The molecule has 23 heavy (non-hydrogen) atoms. The molecule has 9 heteroatoms. The lowest BCUT2D eigenvalue weighted by atomic mass is 10.2. The van der Waals surface area contributed by atoms with Gasteiger partial charge in [-0.1, -0.05) is 5.16 Å². The third-order valence-electron chi connectivity index (χ3n) is 3.90. The molecule has 1 amide bonds. The van der Waals surface area contributed by atoms with E-state index >= 15 is 0 Å². The van der Waals surface area contributed by atoms with Crippen LogP contribution in [-0.2, 0) is 4.79 Å². The predicted octanol–water partition coefficient (Wildman–Crippen LogP) is 1.15. The summed E-state index contributed by atoms with van der Waals surface area (Å²) in [7, 11) is 0. The largest absolute Gasteiger partial charge is 0.338 e. The smallest absolute Gasteiger partial charge is 0.243 e. The number of hydrogen-bond donors (Lipinski definition) is 1. The van der Waals surface area contributed by atoms with Gasteiger partial charge in [0.25, 0.3) is 0 Å². The minimum Gasteiger partial charge on any atom is -0.338 e. The highest BCUT2D eigenvalue weighted by Gasteiger charge is 2.26. The average molecular weight is 336 g/mol. The second-order valence-corrected chi connectivity index (χ2v) is 6.45. The summed E-state index contributed by atoms with van der Waals surface area (Å²) >= 11 is 1.42. The van der Waals surface area contributed by atoms with Crippen molar-refractivity contribution in [3.05, 3.63) is 23.3 Å². The SMILES string of the molecule is Cc1noc(C(C)N2CCN(CC(=O)Nc3nccs3)CC2)n1. The van der Waals surface area contributed by atoms with Gasteiger partial charge in [0.1, 0.15) is 0 Å². The van der Waals surface area contributed by atoms with Gasteiger partial charge in [-0.25, -0.2) is 4.98 Å². The number of anilines is 1. The molecule has 0 saturated carbocycles. The van der Waals surface area contributed by atoms with Gasteiger partial charge in [-0.3, -0.25) is 14.6 Å². The van der Waals surface area contributed by atoms with Crippen LogP contribution in [0.4, 0.5) is 5.13 Å². The molecule has 1 N–H and O–H groups in total. The second-order valence-electron chi connectivity index (χ2n) is 5.55. The maximum absolute atomic E-state index is 12.0. The molecule has 0 bridgehead atoms. The summed E-state index contributed by atoms with van der Waals surface area (Å²) in [6.07, 6.45) is 1.68. The minimum atomic E-state index is -0.0195. The molecular formula is C14H20N6O2S. The van der Waals surface area contributed by atoms with Gasteiger partial charge < -0.3 is 9.84 Å². The predicted molar refractivity (Wildman–Crippen MR) is 86.2 cm³/mol. The molecule has 1 atom stereocenters. The summed E-state index contributed by atoms with van der Waals surface area (Å²) < 4.78 is 5.24. The number of nitrogens with zero attached hydrogens (tertiary/aromatic N) is 5. The van der Waals surface area contributed by atoms with Crippen molar-refractivity contribution in [3.8, 4) is 0 Å². The highest BCUT2D eigenvalue weighted by atomic mass is 32.1. The topological polar surface area (TPSA) is 87.4 Å². The Morgan fingerprint density at radius 1 is 1.43 bits per heavy atom. The van der Waals surface area contributed by atoms with Gasteiger partial charge in [-0.2, -0.15) is 4.98 Å². The molecular weight excluding hydrogens is 316 g/mol. The van der Waals surface area contributed by atoms with Crippen LogP contribution < -0.4 is 5.32 Å². The van der Waals surface area contributed by atoms with E-state index in [1.54, 1.807) is 6.20 Å². The zero-order valence-corrected chi connectivity index (χ0v) is 14.0. The van der Waals surface area contributed by atoms with Gasteiger partial charge in [0, 0.05) is 37.8 Å². The molecule has 2 aromatic rings. The van der Waals surface area contributed by atoms with Crippen LogP contribution in [-0.4, -0.2) is 63.6 Å². The highest BCUT2D eigenvalue weighted by Crippen LogP contribution is 2.20. The summed E-state index contributed by atoms with van der Waals surface area (Å²) in [6.45, 7) is 7.68. The maximum Gasteiger partial charge on any atom is 0.243 e. The van der Waals surface area contributed by atoms with Crippen LogP contribution in [0.2, 0.25) is 0 Å². The molecule has 1 aliphatic heterocycles. The van der Waals surface area contributed by atoms with Crippen molar-refractivity contribution in [1.82, 2.24) is 24.9 Å². The molecule has 0 spiro atoms. The van der Waals surface area contributed by atoms with E-state index in [9.17, 15) is 4.79 Å². The highest BCUT2D eigenvalue weighted by molar-refractivity contribution is 7.13. The number of carbonyl (C=O) groups excluding carboxylic acids is 1. The molecule has 0 aliphatic carbocycles. The van der Waals surface area contributed by atoms with E-state index in [0.717, 1.165) is 26.2 Å². The third-order valence-corrected chi connectivity index (χ3v) is 4.59. The standard InChI is InChI=1S/C14H20N6O2S/c1-10(13-16-11(2)18-22-13)20-6-4-19(5-7-20)9-12(21)17-14-15-3-8-23-14/h3,8,10H,4-7,9H2,1-2H3,(H,15,17,21). The van der Waals surface area contributed by atoms with E-state index in [1.165, 1.54) is 11.3 Å². The van der Waals surface area contributed by atoms with Crippen molar-refractivity contribution >= 4 is 22.4 Å². The zero-order chi connectivity index (χ0) is 16.2. The Balaban J connectivity index is 1.45. The van der Waals surface area contributed by atoms with Crippen molar-refractivity contribution in [1.29, 1.82) is 0 Å². The van der Waals surface area contributed by atoms with Crippen LogP contribution in [0.15, 0.2) is 16.1 Å². The van der Waals surface area contributed by atoms with Crippen LogP contribution in [0.1, 0.15) is 24.7 Å². The minimum absolute atomic E-state index is 0.0195. The number of thiazole rings is 1. The lowest BCUT2D eigenvalue weighted by Gasteiger charge is -2.36. The Morgan fingerprint density at radius 3 is 2.83 bits per heavy atom. The normalized spacial score (nSPS) is 18.0. The number of aryl methyl sites for hydroxylation is 1. The molecule has 1 aliphatic rings. The second kappa shape index (κ2) is 7.16. The van der Waals surface area contributed by atoms with E-state index in [4.69, 9.17) is 4.52 Å². The first kappa shape index (κ1) is 16.0. The first-order chi connectivity index (χ1) is 11.1. The molecule has 1 fully saturated rings. The fraction of sp³-hybridized carbons (Fsp3) is 0.571. The Hall–Kier alpha value is -1.84. The molecule has 3 rings (SSSR count). The number of piperazine rings is 1. The summed E-state index contributed by atoms with van der Waals surface area (Å²) in [6, 6.07) is 0.0995. The van der Waals surface area contributed by atoms with Gasteiger partial charge >= 0.3 is 0 Å². The Kier molecular flexibility index (Phi) is 4.99. The summed E-state index contributed by atoms with van der Waals surface area (Å²) in [5.41, 5.74) is 0. The molecule has 2 aromatic heterocycles. The van der Waals surface area contributed by atoms with Crippen molar-refractivity contribution in [2.24, 2.45) is 0 Å². The molecule has 8 nitrogen and oxygen atoms in total. The molecule has 124 valence electrons. The van der Waals surface area contributed by atoms with Crippen LogP contribution in [0.3, 0.4) is 0 Å². The van der Waals surface area contributed by atoms with Gasteiger partial charge in [-0.15, -0.1) is 11.3 Å². The van der Waals surface area contributed by atoms with Crippen LogP contribution in [0, 0.1) is 6.92 Å². The number of aromatic nitrogens is 3. The van der Waals surface area contributed by atoms with Gasteiger partial charge in [-0.05, 0) is 13.8 Å². The number of rotatable bonds is 5. The molecule has 3 heterocycles. The van der Waals surface area contributed by atoms with E-state index in [0.29, 0.717) is 23.4 Å². The molecule has 0 aromatic carbocycles. The van der Waals surface area contributed by atoms with Crippen molar-refractivity contribution in [2.45, 2.75) is 19.9 Å². The lowest BCUT2D eigenvalue weighted by molar-refractivity contribution is -0.117. The molecule has 1 unspecified atom stereocenters. The summed E-state index contributed by atoms with van der Waals surface area (Å²) in [5.74, 6) is 1.29. The maximum atomic E-state index is 12.0. The van der Waals surface area contributed by atoms with Gasteiger partial charge in [0.05, 0.1) is 12.6 Å². The Bertz CT molecular complexity index is 635. The van der Waals surface area contributed by atoms with Crippen LogP contribution in [0.5, 0.6) is 0 Å². The van der Waals surface area contributed by atoms with E-state index in [2.05, 4.69) is 37.2 Å². The first-order valence-corrected chi connectivity index (χ1v) is 8.46. The number of amides is 1. The van der Waals surface area contributed by atoms with Crippen molar-refractivity contribution < 1.29 is 9.32 Å². The van der Waals surface area contributed by atoms with Crippen molar-refractivity contribution in [2.75, 3.05) is 38.0 Å². The van der Waals surface area contributed by atoms with Crippen molar-refractivity contribution in [3.63, 3.8) is 0 Å².